The molecule has 150 valence electrons. The van der Waals surface area contributed by atoms with Crippen molar-refractivity contribution in [2.24, 2.45) is 0 Å². The van der Waals surface area contributed by atoms with Gasteiger partial charge < -0.3 is 24.6 Å². The van der Waals surface area contributed by atoms with Gasteiger partial charge in [-0.25, -0.2) is 4.79 Å². The lowest BCUT2D eigenvalue weighted by Crippen LogP contribution is -2.43. The molecule has 1 heterocycles. The first-order chi connectivity index (χ1) is 13.6. The lowest BCUT2D eigenvalue weighted by molar-refractivity contribution is 0.0820. The van der Waals surface area contributed by atoms with Crippen molar-refractivity contribution in [3.63, 3.8) is 0 Å². The number of hydrogen-bond donors (Lipinski definition) is 1. The van der Waals surface area contributed by atoms with Crippen LogP contribution in [0.2, 0.25) is 0 Å². The Labute approximate surface area is 167 Å². The Morgan fingerprint density at radius 2 is 1.86 bits per heavy atom. The maximum Gasteiger partial charge on any atom is 0.322 e. The number of para-hydroxylation sites is 3. The van der Waals surface area contributed by atoms with Crippen LogP contribution in [0.15, 0.2) is 54.6 Å². The Morgan fingerprint density at radius 1 is 1.11 bits per heavy atom. The van der Waals surface area contributed by atoms with Gasteiger partial charge in [-0.15, -0.1) is 0 Å². The molecule has 28 heavy (non-hydrogen) atoms. The molecule has 1 aliphatic heterocycles. The van der Waals surface area contributed by atoms with Gasteiger partial charge in [-0.2, -0.15) is 0 Å². The molecule has 6 nitrogen and oxygen atoms in total. The second kappa shape index (κ2) is 10.1. The van der Waals surface area contributed by atoms with E-state index in [1.54, 1.807) is 0 Å². The number of nitrogens with zero attached hydrogens (tertiary/aromatic N) is 2. The molecule has 2 aromatic rings. The number of carbonyl (C=O) groups excluding carboxylic acids is 1. The van der Waals surface area contributed by atoms with Crippen molar-refractivity contribution in [1.82, 2.24) is 9.80 Å². The Kier molecular flexibility index (Phi) is 7.28. The van der Waals surface area contributed by atoms with E-state index in [1.807, 2.05) is 73.6 Å². The number of likely N-dealkylation sites (N-methyl/N-ethyl adjacent to an activating group) is 1. The van der Waals surface area contributed by atoms with Crippen molar-refractivity contribution < 1.29 is 14.3 Å². The van der Waals surface area contributed by atoms with Crippen LogP contribution in [0.5, 0.6) is 11.5 Å². The fraction of sp³-hybridized carbons (Fsp3) is 0.409. The second-order valence-electron chi connectivity index (χ2n) is 7.23. The summed E-state index contributed by atoms with van der Waals surface area (Å²) in [7, 11) is 4.01. The van der Waals surface area contributed by atoms with Crippen molar-refractivity contribution in [2.45, 2.75) is 18.9 Å². The van der Waals surface area contributed by atoms with Gasteiger partial charge in [0, 0.05) is 26.2 Å². The first kappa shape index (κ1) is 20.2. The Bertz CT molecular complexity index is 746. The van der Waals surface area contributed by atoms with E-state index in [0.717, 1.165) is 31.7 Å². The molecule has 0 saturated carbocycles. The molecule has 1 fully saturated rings. The van der Waals surface area contributed by atoms with Gasteiger partial charge in [-0.05, 0) is 51.2 Å². The summed E-state index contributed by atoms with van der Waals surface area (Å²) in [5.41, 5.74) is 0.651. The van der Waals surface area contributed by atoms with Gasteiger partial charge in [0.25, 0.3) is 0 Å². The van der Waals surface area contributed by atoms with Gasteiger partial charge in [0.15, 0.2) is 5.75 Å². The molecular weight excluding hydrogens is 354 g/mol. The zero-order valence-corrected chi connectivity index (χ0v) is 16.6. The summed E-state index contributed by atoms with van der Waals surface area (Å²) in [6.45, 7) is 2.81. The molecule has 0 spiro atoms. The van der Waals surface area contributed by atoms with Crippen molar-refractivity contribution in [3.8, 4) is 11.5 Å². The number of amides is 2. The summed E-state index contributed by atoms with van der Waals surface area (Å²) in [5, 5.41) is 3.02. The molecule has 2 aromatic carbocycles. The quantitative estimate of drug-likeness (QED) is 0.747. The highest BCUT2D eigenvalue weighted by Crippen LogP contribution is 2.29. The van der Waals surface area contributed by atoms with Gasteiger partial charge in [-0.1, -0.05) is 30.3 Å². The SMILES string of the molecule is CN(C)CCN(CC1CCCO1)C(=O)Nc1ccccc1Oc1ccccc1. The minimum Gasteiger partial charge on any atom is -0.455 e. The molecule has 1 unspecified atom stereocenters. The number of anilines is 1. The van der Waals surface area contributed by atoms with E-state index in [-0.39, 0.29) is 12.1 Å². The molecule has 0 aromatic heterocycles. The van der Waals surface area contributed by atoms with Crippen LogP contribution in [0.1, 0.15) is 12.8 Å². The third kappa shape index (κ3) is 5.97. The minimum absolute atomic E-state index is 0.115. The van der Waals surface area contributed by atoms with Crippen LogP contribution in [0.4, 0.5) is 10.5 Å². The highest BCUT2D eigenvalue weighted by atomic mass is 16.5. The summed E-state index contributed by atoms with van der Waals surface area (Å²) in [6, 6.07) is 16.9. The van der Waals surface area contributed by atoms with Crippen LogP contribution in [0.25, 0.3) is 0 Å². The van der Waals surface area contributed by atoms with E-state index in [9.17, 15) is 4.79 Å². The summed E-state index contributed by atoms with van der Waals surface area (Å²) < 4.78 is 11.7. The Morgan fingerprint density at radius 3 is 2.57 bits per heavy atom. The van der Waals surface area contributed by atoms with E-state index in [2.05, 4.69) is 10.2 Å². The maximum atomic E-state index is 13.0. The van der Waals surface area contributed by atoms with E-state index in [1.165, 1.54) is 0 Å². The van der Waals surface area contributed by atoms with Gasteiger partial charge >= 0.3 is 6.03 Å². The largest absolute Gasteiger partial charge is 0.455 e. The van der Waals surface area contributed by atoms with E-state index < -0.39 is 0 Å². The Balaban J connectivity index is 1.69. The van der Waals surface area contributed by atoms with Gasteiger partial charge in [-0.3, -0.25) is 0 Å². The van der Waals surface area contributed by atoms with Crippen molar-refractivity contribution in [1.29, 1.82) is 0 Å². The number of rotatable bonds is 8. The monoisotopic (exact) mass is 383 g/mol. The minimum atomic E-state index is -0.138. The normalized spacial score (nSPS) is 16.2. The molecule has 2 amide bonds. The highest BCUT2D eigenvalue weighted by molar-refractivity contribution is 5.91. The van der Waals surface area contributed by atoms with Crippen LogP contribution in [-0.4, -0.2) is 62.3 Å². The fourth-order valence-electron chi connectivity index (χ4n) is 3.10. The zero-order chi connectivity index (χ0) is 19.8. The van der Waals surface area contributed by atoms with Gasteiger partial charge in [0.05, 0.1) is 11.8 Å². The zero-order valence-electron chi connectivity index (χ0n) is 16.6. The van der Waals surface area contributed by atoms with Gasteiger partial charge in [0.1, 0.15) is 5.75 Å². The molecule has 0 aliphatic carbocycles. The molecule has 1 aliphatic rings. The van der Waals surface area contributed by atoms with Crippen LogP contribution < -0.4 is 10.1 Å². The molecule has 1 saturated heterocycles. The molecule has 6 heteroatoms. The molecule has 3 rings (SSSR count). The average Bonchev–Trinajstić information content (AvgIpc) is 3.20. The predicted molar refractivity (Wildman–Crippen MR) is 111 cm³/mol. The summed E-state index contributed by atoms with van der Waals surface area (Å²) in [5.74, 6) is 1.35. The third-order valence-corrected chi connectivity index (χ3v) is 4.65. The number of carbonyl (C=O) groups is 1. The standard InChI is InChI=1S/C22H29N3O3/c1-24(2)14-15-25(17-19-11-8-16-27-19)22(26)23-20-12-6-7-13-21(20)28-18-9-4-3-5-10-18/h3-7,9-10,12-13,19H,8,11,14-17H2,1-2H3,(H,23,26). The topological polar surface area (TPSA) is 54.0 Å². The predicted octanol–water partition coefficient (Wildman–Crippen LogP) is 4.05. The lowest BCUT2D eigenvalue weighted by Gasteiger charge is -2.27. The highest BCUT2D eigenvalue weighted by Gasteiger charge is 2.23. The third-order valence-electron chi connectivity index (χ3n) is 4.65. The maximum absolute atomic E-state index is 13.0. The summed E-state index contributed by atoms with van der Waals surface area (Å²) >= 11 is 0. The van der Waals surface area contributed by atoms with E-state index >= 15 is 0 Å². The summed E-state index contributed by atoms with van der Waals surface area (Å²) in [6.07, 6.45) is 2.17. The van der Waals surface area contributed by atoms with E-state index in [0.29, 0.717) is 24.5 Å². The van der Waals surface area contributed by atoms with Crippen LogP contribution in [0.3, 0.4) is 0 Å². The fourth-order valence-corrected chi connectivity index (χ4v) is 3.10. The molecule has 1 atom stereocenters. The Hall–Kier alpha value is -2.57. The number of ether oxygens (including phenoxy) is 2. The van der Waals surface area contributed by atoms with E-state index in [4.69, 9.17) is 9.47 Å². The molecule has 1 N–H and O–H groups in total. The molecular formula is C22H29N3O3. The first-order valence-corrected chi connectivity index (χ1v) is 9.76. The lowest BCUT2D eigenvalue weighted by atomic mass is 10.2. The van der Waals surface area contributed by atoms with Crippen molar-refractivity contribution in [2.75, 3.05) is 45.7 Å². The van der Waals surface area contributed by atoms with Crippen molar-refractivity contribution in [3.05, 3.63) is 54.6 Å². The smallest absolute Gasteiger partial charge is 0.322 e. The number of hydrogen-bond acceptors (Lipinski definition) is 4. The molecule has 0 radical (unpaired) electrons. The van der Waals surface area contributed by atoms with Crippen LogP contribution in [0, 0.1) is 0 Å². The van der Waals surface area contributed by atoms with Crippen LogP contribution >= 0.6 is 0 Å². The first-order valence-electron chi connectivity index (χ1n) is 9.76. The van der Waals surface area contributed by atoms with Gasteiger partial charge in [0.2, 0.25) is 0 Å². The second-order valence-corrected chi connectivity index (χ2v) is 7.23. The number of benzene rings is 2. The average molecular weight is 383 g/mol. The number of urea groups is 1. The summed E-state index contributed by atoms with van der Waals surface area (Å²) in [4.78, 5) is 16.9. The van der Waals surface area contributed by atoms with Crippen LogP contribution in [-0.2, 0) is 4.74 Å². The molecule has 0 bridgehead atoms. The number of nitrogens with one attached hydrogen (secondary N) is 1. The van der Waals surface area contributed by atoms with Crippen molar-refractivity contribution >= 4 is 11.7 Å².